The molecule has 0 aromatic carbocycles. The number of ether oxygens (including phenoxy) is 2. The van der Waals surface area contributed by atoms with E-state index in [0.717, 1.165) is 103 Å². The molecule has 77 heavy (non-hydrogen) atoms. The molecule has 0 aromatic rings. The van der Waals surface area contributed by atoms with Gasteiger partial charge < -0.3 is 27.9 Å². The van der Waals surface area contributed by atoms with Gasteiger partial charge in [0.15, 0.2) is 6.10 Å². The summed E-state index contributed by atoms with van der Waals surface area (Å²) in [4.78, 5) is 37.9. The highest BCUT2D eigenvalue weighted by Crippen LogP contribution is 2.38. The molecule has 0 bridgehead atoms. The molecule has 442 valence electrons. The smallest absolute Gasteiger partial charge is 0.306 e. The number of phosphoric acid groups is 1. The molecule has 2 unspecified atom stereocenters. The highest BCUT2D eigenvalue weighted by molar-refractivity contribution is 7.45. The number of carbonyl (C=O) groups is 2. The molecule has 0 N–H and O–H groups in total. The van der Waals surface area contributed by atoms with E-state index in [1.807, 2.05) is 21.1 Å². The average molecular weight is 1090 g/mol. The Balaban J connectivity index is 4.17. The van der Waals surface area contributed by atoms with Gasteiger partial charge in [-0.2, -0.15) is 0 Å². The van der Waals surface area contributed by atoms with Crippen LogP contribution in [0.25, 0.3) is 0 Å². The summed E-state index contributed by atoms with van der Waals surface area (Å²) < 4.78 is 34.2. The van der Waals surface area contributed by atoms with E-state index < -0.39 is 26.5 Å². The number of esters is 2. The summed E-state index contributed by atoms with van der Waals surface area (Å²) in [5, 5.41) is 0. The average Bonchev–Trinajstić information content (AvgIpc) is 3.39. The maximum absolute atomic E-state index is 12.8. The van der Waals surface area contributed by atoms with Gasteiger partial charge in [0.2, 0.25) is 0 Å². The predicted octanol–water partition coefficient (Wildman–Crippen LogP) is 19.1. The molecule has 0 aliphatic rings. The topological polar surface area (TPSA) is 111 Å². The third-order valence-electron chi connectivity index (χ3n) is 13.1. The van der Waals surface area contributed by atoms with Crippen LogP contribution in [-0.4, -0.2) is 70.0 Å². The zero-order chi connectivity index (χ0) is 56.3. The standard InChI is InChI=1S/C67H116NO8P/c1-6-8-10-12-14-16-18-20-22-24-26-27-28-29-30-31-32-33-34-35-36-37-38-39-40-41-42-44-46-48-50-52-54-56-58-60-67(70)76-65(64-75-77(71,72)74-62-61-68(3,4)5)63-73-66(69)59-57-55-53-51-49-47-45-43-25-23-21-19-17-15-13-11-9-7-2/h8,10,14,16,20,22,26-27,29-30,32-33,35-36,38-39,41-42,65H,6-7,9,11-13,15,17-19,21,23-25,28,31,34,37,40,43-64H2,1-5H3/b10-8-,16-14-,22-20-,27-26-,30-29-,33-32-,36-35-,39-38-,42-41-. The van der Waals surface area contributed by atoms with Crippen LogP contribution in [-0.2, 0) is 32.7 Å². The van der Waals surface area contributed by atoms with Crippen LogP contribution in [0.3, 0.4) is 0 Å². The fourth-order valence-electron chi connectivity index (χ4n) is 8.30. The highest BCUT2D eigenvalue weighted by atomic mass is 31.2. The SMILES string of the molecule is CC/C=C\C/C=C\C/C=C\C/C=C\C/C=C\C/C=C\C/C=C\C/C=C\C/C=C\CCCCCCCCCC(=O)OC(COC(=O)CCCCCCCCCCCCCCCCCCCC)COP(=O)([O-])OCC[N+](C)(C)C. The van der Waals surface area contributed by atoms with Gasteiger partial charge in [0.1, 0.15) is 19.8 Å². The second-order valence-corrected chi connectivity index (χ2v) is 23.1. The molecule has 0 rings (SSSR count). The van der Waals surface area contributed by atoms with Gasteiger partial charge in [-0.25, -0.2) is 0 Å². The van der Waals surface area contributed by atoms with Gasteiger partial charge in [0.25, 0.3) is 7.82 Å². The van der Waals surface area contributed by atoms with E-state index in [1.165, 1.54) is 116 Å². The summed E-state index contributed by atoms with van der Waals surface area (Å²) in [7, 11) is 1.15. The number of rotatable bonds is 56. The monoisotopic (exact) mass is 1090 g/mol. The summed E-state index contributed by atoms with van der Waals surface area (Å²) in [5.74, 6) is -0.844. The number of hydrogen-bond acceptors (Lipinski definition) is 8. The van der Waals surface area contributed by atoms with Crippen molar-refractivity contribution in [1.29, 1.82) is 0 Å². The van der Waals surface area contributed by atoms with Gasteiger partial charge in [-0.1, -0.05) is 264 Å². The number of carbonyl (C=O) groups excluding carboxylic acids is 2. The van der Waals surface area contributed by atoms with Gasteiger partial charge in [0.05, 0.1) is 27.7 Å². The van der Waals surface area contributed by atoms with E-state index in [1.54, 1.807) is 0 Å². The van der Waals surface area contributed by atoms with E-state index in [9.17, 15) is 19.0 Å². The van der Waals surface area contributed by atoms with E-state index in [0.29, 0.717) is 17.4 Å². The molecular weight excluding hydrogens is 978 g/mol. The molecule has 0 aromatic heterocycles. The largest absolute Gasteiger partial charge is 0.756 e. The summed E-state index contributed by atoms with van der Waals surface area (Å²) in [6.07, 6.45) is 79.9. The van der Waals surface area contributed by atoms with Crippen LogP contribution in [0.15, 0.2) is 109 Å². The Morgan fingerprint density at radius 3 is 1.10 bits per heavy atom. The van der Waals surface area contributed by atoms with Crippen LogP contribution in [0, 0.1) is 0 Å². The number of quaternary nitrogens is 1. The third kappa shape index (κ3) is 61.7. The molecule has 0 amide bonds. The lowest BCUT2D eigenvalue weighted by Gasteiger charge is -2.28. The first-order valence-corrected chi connectivity index (χ1v) is 32.6. The summed E-state index contributed by atoms with van der Waals surface area (Å²) in [6.45, 7) is 4.12. The fraction of sp³-hybridized carbons (Fsp3) is 0.701. The first kappa shape index (κ1) is 73.7. The maximum atomic E-state index is 12.8. The van der Waals surface area contributed by atoms with Crippen LogP contribution in [0.5, 0.6) is 0 Å². The van der Waals surface area contributed by atoms with Crippen LogP contribution in [0.1, 0.15) is 251 Å². The van der Waals surface area contributed by atoms with Crippen molar-refractivity contribution >= 4 is 19.8 Å². The predicted molar refractivity (Wildman–Crippen MR) is 328 cm³/mol. The van der Waals surface area contributed by atoms with Crippen molar-refractivity contribution in [3.63, 3.8) is 0 Å². The lowest BCUT2D eigenvalue weighted by molar-refractivity contribution is -0.870. The highest BCUT2D eigenvalue weighted by Gasteiger charge is 2.22. The Morgan fingerprint density at radius 1 is 0.416 bits per heavy atom. The van der Waals surface area contributed by atoms with E-state index in [4.69, 9.17) is 18.5 Å². The van der Waals surface area contributed by atoms with Gasteiger partial charge in [0, 0.05) is 12.8 Å². The Hall–Kier alpha value is -3.33. The minimum Gasteiger partial charge on any atom is -0.756 e. The molecule has 0 heterocycles. The van der Waals surface area contributed by atoms with Crippen molar-refractivity contribution < 1.29 is 42.1 Å². The first-order valence-electron chi connectivity index (χ1n) is 31.1. The number of likely N-dealkylation sites (N-methyl/N-ethyl adjacent to an activating group) is 1. The minimum atomic E-state index is -4.65. The first-order chi connectivity index (χ1) is 37.5. The van der Waals surface area contributed by atoms with E-state index in [-0.39, 0.29) is 32.0 Å². The third-order valence-corrected chi connectivity index (χ3v) is 14.0. The van der Waals surface area contributed by atoms with Crippen molar-refractivity contribution in [2.45, 2.75) is 258 Å². The number of nitrogens with zero attached hydrogens (tertiary/aromatic N) is 1. The number of allylic oxidation sites excluding steroid dienone is 18. The van der Waals surface area contributed by atoms with Gasteiger partial charge in [-0.3, -0.25) is 14.2 Å². The maximum Gasteiger partial charge on any atom is 0.306 e. The van der Waals surface area contributed by atoms with E-state index in [2.05, 4.69) is 123 Å². The quantitative estimate of drug-likeness (QED) is 0.0195. The number of phosphoric ester groups is 1. The Kier molecular flexibility index (Phi) is 54.9. The molecule has 0 fully saturated rings. The lowest BCUT2D eigenvalue weighted by atomic mass is 10.0. The van der Waals surface area contributed by atoms with Crippen molar-refractivity contribution in [2.24, 2.45) is 0 Å². The van der Waals surface area contributed by atoms with Crippen molar-refractivity contribution in [3.05, 3.63) is 109 Å². The molecule has 0 saturated carbocycles. The molecule has 9 nitrogen and oxygen atoms in total. The lowest BCUT2D eigenvalue weighted by Crippen LogP contribution is -2.37. The number of unbranched alkanes of at least 4 members (excludes halogenated alkanes) is 24. The second kappa shape index (κ2) is 57.4. The van der Waals surface area contributed by atoms with Crippen LogP contribution < -0.4 is 4.89 Å². The van der Waals surface area contributed by atoms with E-state index >= 15 is 0 Å². The van der Waals surface area contributed by atoms with Gasteiger partial charge in [-0.05, 0) is 83.5 Å². The Bertz CT molecular complexity index is 1670. The summed E-state index contributed by atoms with van der Waals surface area (Å²) in [6, 6.07) is 0. The van der Waals surface area contributed by atoms with Crippen LogP contribution in [0.4, 0.5) is 0 Å². The summed E-state index contributed by atoms with van der Waals surface area (Å²) >= 11 is 0. The Morgan fingerprint density at radius 2 is 0.740 bits per heavy atom. The van der Waals surface area contributed by atoms with Gasteiger partial charge in [-0.15, -0.1) is 0 Å². The fourth-order valence-corrected chi connectivity index (χ4v) is 9.02. The zero-order valence-electron chi connectivity index (χ0n) is 50.1. The molecule has 10 heteroatoms. The molecule has 0 aliphatic carbocycles. The molecule has 0 radical (unpaired) electrons. The van der Waals surface area contributed by atoms with Crippen molar-refractivity contribution in [2.75, 3.05) is 47.5 Å². The van der Waals surface area contributed by atoms with Crippen LogP contribution >= 0.6 is 7.82 Å². The van der Waals surface area contributed by atoms with Gasteiger partial charge >= 0.3 is 11.9 Å². The molecule has 2 atom stereocenters. The Labute approximate surface area is 474 Å². The van der Waals surface area contributed by atoms with Crippen molar-refractivity contribution in [1.82, 2.24) is 0 Å². The zero-order valence-corrected chi connectivity index (χ0v) is 51.0. The normalized spacial score (nSPS) is 14.0. The minimum absolute atomic E-state index is 0.0369. The molecule has 0 saturated heterocycles. The van der Waals surface area contributed by atoms with Crippen molar-refractivity contribution in [3.8, 4) is 0 Å². The summed E-state index contributed by atoms with van der Waals surface area (Å²) in [5.41, 5.74) is 0. The molecule has 0 spiro atoms. The van der Waals surface area contributed by atoms with Crippen LogP contribution in [0.2, 0.25) is 0 Å². The molecule has 0 aliphatic heterocycles. The number of hydrogen-bond donors (Lipinski definition) is 0. The second-order valence-electron chi connectivity index (χ2n) is 21.7. The molecular formula is C67H116NO8P.